The minimum absolute atomic E-state index is 0.155. The van der Waals surface area contributed by atoms with E-state index in [2.05, 4.69) is 10.6 Å². The molecule has 0 atom stereocenters. The van der Waals surface area contributed by atoms with Crippen LogP contribution in [0.5, 0.6) is 17.2 Å². The van der Waals surface area contributed by atoms with E-state index in [4.69, 9.17) is 18.9 Å². The number of benzene rings is 3. The van der Waals surface area contributed by atoms with E-state index in [1.54, 1.807) is 43.5 Å². The minimum atomic E-state index is -0.724. The molecule has 0 aromatic heterocycles. The molecule has 0 saturated carbocycles. The molecular weight excluding hydrogens is 464 g/mol. The van der Waals surface area contributed by atoms with Crippen molar-refractivity contribution in [3.8, 4) is 17.2 Å². The van der Waals surface area contributed by atoms with E-state index in [-0.39, 0.29) is 17.9 Å². The molecule has 9 heteroatoms. The third kappa shape index (κ3) is 6.53. The van der Waals surface area contributed by atoms with Gasteiger partial charge in [-0.05, 0) is 48.4 Å². The standard InChI is InChI=1S/C27H26N2O7/c1-33-20-10-6-18(7-11-20)8-13-25(30)29-22-5-3-2-4-21(22)27(32)36-17-26(31)28-19-9-12-23-24(16-19)35-15-14-34-23/h2-7,9-12,16H,8,13-15,17H2,1H3,(H,28,31)(H,29,30). The number of hydrogen-bond acceptors (Lipinski definition) is 7. The molecule has 0 fully saturated rings. The number of para-hydroxylation sites is 1. The maximum atomic E-state index is 12.6. The highest BCUT2D eigenvalue weighted by Crippen LogP contribution is 2.32. The van der Waals surface area contributed by atoms with Gasteiger partial charge >= 0.3 is 5.97 Å². The quantitative estimate of drug-likeness (QED) is 0.439. The normalized spacial score (nSPS) is 11.8. The molecule has 3 aromatic carbocycles. The highest BCUT2D eigenvalue weighted by Gasteiger charge is 2.17. The summed E-state index contributed by atoms with van der Waals surface area (Å²) >= 11 is 0. The third-order valence-electron chi connectivity index (χ3n) is 5.38. The number of nitrogens with one attached hydrogen (secondary N) is 2. The van der Waals surface area contributed by atoms with Gasteiger partial charge in [0.2, 0.25) is 5.91 Å². The van der Waals surface area contributed by atoms with Gasteiger partial charge in [0.15, 0.2) is 18.1 Å². The summed E-state index contributed by atoms with van der Waals surface area (Å²) in [5.41, 5.74) is 1.95. The van der Waals surface area contributed by atoms with E-state index in [0.29, 0.717) is 42.5 Å². The summed E-state index contributed by atoms with van der Waals surface area (Å²) in [7, 11) is 1.59. The van der Waals surface area contributed by atoms with E-state index in [0.717, 1.165) is 11.3 Å². The molecule has 4 rings (SSSR count). The van der Waals surface area contributed by atoms with Gasteiger partial charge in [-0.25, -0.2) is 4.79 Å². The first-order valence-corrected chi connectivity index (χ1v) is 11.4. The molecule has 9 nitrogen and oxygen atoms in total. The fraction of sp³-hybridized carbons (Fsp3) is 0.222. The Morgan fingerprint density at radius 2 is 1.61 bits per heavy atom. The molecule has 1 aliphatic rings. The minimum Gasteiger partial charge on any atom is -0.497 e. The summed E-state index contributed by atoms with van der Waals surface area (Å²) in [5, 5.41) is 5.41. The summed E-state index contributed by atoms with van der Waals surface area (Å²) in [4.78, 5) is 37.4. The lowest BCUT2D eigenvalue weighted by molar-refractivity contribution is -0.119. The predicted octanol–water partition coefficient (Wildman–Crippen LogP) is 3.83. The molecule has 2 amide bonds. The zero-order valence-electron chi connectivity index (χ0n) is 19.7. The Kier molecular flexibility index (Phi) is 8.02. The van der Waals surface area contributed by atoms with Gasteiger partial charge in [0.1, 0.15) is 19.0 Å². The van der Waals surface area contributed by atoms with Crippen LogP contribution in [-0.2, 0) is 20.7 Å². The van der Waals surface area contributed by atoms with Crippen molar-refractivity contribution in [3.63, 3.8) is 0 Å². The molecule has 1 aliphatic heterocycles. The molecule has 0 radical (unpaired) electrons. The van der Waals surface area contributed by atoms with Gasteiger partial charge in [0.25, 0.3) is 5.91 Å². The first kappa shape index (κ1) is 24.6. The molecular formula is C27H26N2O7. The van der Waals surface area contributed by atoms with Crippen molar-refractivity contribution < 1.29 is 33.3 Å². The monoisotopic (exact) mass is 490 g/mol. The van der Waals surface area contributed by atoms with E-state index in [1.165, 1.54) is 6.07 Å². The van der Waals surface area contributed by atoms with Crippen molar-refractivity contribution >= 4 is 29.2 Å². The van der Waals surface area contributed by atoms with Crippen molar-refractivity contribution in [1.82, 2.24) is 0 Å². The highest BCUT2D eigenvalue weighted by molar-refractivity contribution is 6.02. The fourth-order valence-electron chi connectivity index (χ4n) is 3.56. The molecule has 0 aliphatic carbocycles. The van der Waals surface area contributed by atoms with Crippen LogP contribution in [0, 0.1) is 0 Å². The number of hydrogen-bond donors (Lipinski definition) is 2. The zero-order chi connectivity index (χ0) is 25.3. The van der Waals surface area contributed by atoms with E-state index in [9.17, 15) is 14.4 Å². The average Bonchev–Trinajstić information content (AvgIpc) is 2.91. The number of fused-ring (bicyclic) bond motifs is 1. The van der Waals surface area contributed by atoms with Crippen LogP contribution >= 0.6 is 0 Å². The molecule has 0 spiro atoms. The van der Waals surface area contributed by atoms with E-state index < -0.39 is 18.5 Å². The van der Waals surface area contributed by atoms with Crippen molar-refractivity contribution in [2.24, 2.45) is 0 Å². The lowest BCUT2D eigenvalue weighted by atomic mass is 10.1. The first-order chi connectivity index (χ1) is 17.5. The zero-order valence-corrected chi connectivity index (χ0v) is 19.7. The average molecular weight is 491 g/mol. The molecule has 2 N–H and O–H groups in total. The Balaban J connectivity index is 1.29. The van der Waals surface area contributed by atoms with Crippen LogP contribution in [0.2, 0.25) is 0 Å². The molecule has 0 bridgehead atoms. The molecule has 3 aromatic rings. The maximum Gasteiger partial charge on any atom is 0.340 e. The number of anilines is 2. The van der Waals surface area contributed by atoms with Crippen molar-refractivity contribution in [2.75, 3.05) is 37.6 Å². The number of amides is 2. The summed E-state index contributed by atoms with van der Waals surface area (Å²) in [6.07, 6.45) is 0.760. The lowest BCUT2D eigenvalue weighted by Crippen LogP contribution is -2.22. The summed E-state index contributed by atoms with van der Waals surface area (Å²) in [5.74, 6) is 0.401. The summed E-state index contributed by atoms with van der Waals surface area (Å²) in [6, 6.07) is 19.0. The SMILES string of the molecule is COc1ccc(CCC(=O)Nc2ccccc2C(=O)OCC(=O)Nc2ccc3c(c2)OCCO3)cc1. The van der Waals surface area contributed by atoms with Gasteiger partial charge in [0, 0.05) is 18.2 Å². The van der Waals surface area contributed by atoms with Crippen LogP contribution < -0.4 is 24.8 Å². The van der Waals surface area contributed by atoms with Crippen LogP contribution in [0.25, 0.3) is 0 Å². The van der Waals surface area contributed by atoms with E-state index in [1.807, 2.05) is 24.3 Å². The van der Waals surface area contributed by atoms with Crippen LogP contribution in [0.4, 0.5) is 11.4 Å². The Morgan fingerprint density at radius 3 is 2.39 bits per heavy atom. The van der Waals surface area contributed by atoms with Crippen molar-refractivity contribution in [3.05, 3.63) is 77.9 Å². The second-order valence-corrected chi connectivity index (χ2v) is 7.92. The van der Waals surface area contributed by atoms with Crippen LogP contribution in [0.1, 0.15) is 22.3 Å². The molecule has 1 heterocycles. The van der Waals surface area contributed by atoms with Gasteiger partial charge < -0.3 is 29.6 Å². The maximum absolute atomic E-state index is 12.6. The summed E-state index contributed by atoms with van der Waals surface area (Å²) < 4.78 is 21.3. The largest absolute Gasteiger partial charge is 0.497 e. The van der Waals surface area contributed by atoms with Crippen molar-refractivity contribution in [2.45, 2.75) is 12.8 Å². The smallest absolute Gasteiger partial charge is 0.340 e. The topological polar surface area (TPSA) is 112 Å². The Bertz CT molecular complexity index is 1240. The van der Waals surface area contributed by atoms with Gasteiger partial charge in [-0.2, -0.15) is 0 Å². The Morgan fingerprint density at radius 1 is 0.861 bits per heavy atom. The number of carbonyl (C=O) groups is 3. The second-order valence-electron chi connectivity index (χ2n) is 7.92. The predicted molar refractivity (Wildman–Crippen MR) is 133 cm³/mol. The molecule has 0 saturated heterocycles. The van der Waals surface area contributed by atoms with Crippen LogP contribution in [-0.4, -0.2) is 44.7 Å². The fourth-order valence-corrected chi connectivity index (χ4v) is 3.56. The lowest BCUT2D eigenvalue weighted by Gasteiger charge is -2.19. The third-order valence-corrected chi connectivity index (χ3v) is 5.38. The molecule has 0 unspecified atom stereocenters. The summed E-state index contributed by atoms with van der Waals surface area (Å²) in [6.45, 7) is 0.408. The van der Waals surface area contributed by atoms with Gasteiger partial charge in [-0.1, -0.05) is 24.3 Å². The second kappa shape index (κ2) is 11.7. The number of carbonyl (C=O) groups excluding carboxylic acids is 3. The van der Waals surface area contributed by atoms with Gasteiger partial charge in [0.05, 0.1) is 18.4 Å². The van der Waals surface area contributed by atoms with E-state index >= 15 is 0 Å². The van der Waals surface area contributed by atoms with Crippen LogP contribution in [0.3, 0.4) is 0 Å². The Hall–Kier alpha value is -4.53. The molecule has 36 heavy (non-hydrogen) atoms. The molecule has 186 valence electrons. The highest BCUT2D eigenvalue weighted by atomic mass is 16.6. The van der Waals surface area contributed by atoms with Gasteiger partial charge in [-0.3, -0.25) is 9.59 Å². The number of rotatable bonds is 9. The number of aryl methyl sites for hydroxylation is 1. The Labute approximate surface area is 208 Å². The number of esters is 1. The number of ether oxygens (including phenoxy) is 4. The van der Waals surface area contributed by atoms with Crippen molar-refractivity contribution in [1.29, 1.82) is 0 Å². The van der Waals surface area contributed by atoms with Crippen LogP contribution in [0.15, 0.2) is 66.7 Å². The van der Waals surface area contributed by atoms with Gasteiger partial charge in [-0.15, -0.1) is 0 Å². The first-order valence-electron chi connectivity index (χ1n) is 11.4. The number of methoxy groups -OCH3 is 1.